The number of hydrogen-bond donors (Lipinski definition) is 2. The zero-order valence-corrected chi connectivity index (χ0v) is 13.6. The monoisotopic (exact) mass is 322 g/mol. The number of aliphatic imine (C=N–C) groups is 1. The van der Waals surface area contributed by atoms with E-state index < -0.39 is 10.0 Å². The van der Waals surface area contributed by atoms with Gasteiger partial charge in [0.15, 0.2) is 0 Å². The molecule has 6 nitrogen and oxygen atoms in total. The van der Waals surface area contributed by atoms with E-state index in [-0.39, 0.29) is 4.90 Å². The summed E-state index contributed by atoms with van der Waals surface area (Å²) in [4.78, 5) is 6.84. The van der Waals surface area contributed by atoms with Gasteiger partial charge in [-0.25, -0.2) is 18.1 Å². The molecule has 0 saturated heterocycles. The van der Waals surface area contributed by atoms with Crippen LogP contribution in [0.4, 0.5) is 0 Å². The van der Waals surface area contributed by atoms with Crippen LogP contribution >= 0.6 is 0 Å². The van der Waals surface area contributed by atoms with Gasteiger partial charge in [0.1, 0.15) is 0 Å². The third-order valence-corrected chi connectivity index (χ3v) is 5.62. The normalized spacial score (nSPS) is 20.5. The van der Waals surface area contributed by atoms with Crippen molar-refractivity contribution >= 4 is 16.0 Å². The van der Waals surface area contributed by atoms with Gasteiger partial charge in [0.05, 0.1) is 18.2 Å². The predicted molar refractivity (Wildman–Crippen MR) is 85.9 cm³/mol. The van der Waals surface area contributed by atoms with Crippen molar-refractivity contribution in [2.75, 3.05) is 13.3 Å². The minimum atomic E-state index is -3.57. The Balaban J connectivity index is 1.64. The van der Waals surface area contributed by atoms with Crippen molar-refractivity contribution in [3.05, 3.63) is 29.8 Å². The van der Waals surface area contributed by atoms with Gasteiger partial charge >= 0.3 is 0 Å². The Hall–Kier alpha value is -1.60. The molecule has 1 aliphatic carbocycles. The quantitative estimate of drug-likeness (QED) is 0.882. The van der Waals surface area contributed by atoms with Gasteiger partial charge in [-0.2, -0.15) is 0 Å². The van der Waals surface area contributed by atoms with Crippen LogP contribution < -0.4 is 10.0 Å². The second-order valence-electron chi connectivity index (χ2n) is 5.93. The summed E-state index contributed by atoms with van der Waals surface area (Å²) in [6.45, 7) is 3.11. The highest BCUT2D eigenvalue weighted by atomic mass is 32.2. The average Bonchev–Trinajstić information content (AvgIpc) is 3.02. The van der Waals surface area contributed by atoms with Crippen LogP contribution in [-0.4, -0.2) is 38.7 Å². The van der Waals surface area contributed by atoms with Crippen molar-refractivity contribution < 1.29 is 8.42 Å². The van der Waals surface area contributed by atoms with E-state index in [2.05, 4.69) is 19.9 Å². The lowest BCUT2D eigenvalue weighted by Gasteiger charge is -2.31. The van der Waals surface area contributed by atoms with Gasteiger partial charge < -0.3 is 5.32 Å². The van der Waals surface area contributed by atoms with Gasteiger partial charge in [0.25, 0.3) is 10.0 Å². The number of benzene rings is 1. The number of rotatable bonds is 3. The summed E-state index contributed by atoms with van der Waals surface area (Å²) < 4.78 is 27.1. The fraction of sp³-hybridized carbons (Fsp3) is 0.533. The van der Waals surface area contributed by atoms with E-state index in [1.165, 1.54) is 25.7 Å². The summed E-state index contributed by atoms with van der Waals surface area (Å²) in [7, 11) is -3.57. The summed E-state index contributed by atoms with van der Waals surface area (Å²) in [5.74, 6) is 0.329. The molecule has 1 aliphatic heterocycles. The predicted octanol–water partition coefficient (Wildman–Crippen LogP) is 1.39. The Labute approximate surface area is 131 Å². The lowest BCUT2D eigenvalue weighted by Crippen LogP contribution is -2.52. The maximum absolute atomic E-state index is 12.3. The maximum Gasteiger partial charge on any atom is 0.264 e. The van der Waals surface area contributed by atoms with Crippen LogP contribution in [0.5, 0.6) is 0 Å². The molecule has 1 fully saturated rings. The van der Waals surface area contributed by atoms with Crippen LogP contribution in [0.1, 0.15) is 31.2 Å². The molecular weight excluding hydrogens is 300 g/mol. The molecule has 0 spiro atoms. The second kappa shape index (κ2) is 6.26. The molecule has 1 heterocycles. The summed E-state index contributed by atoms with van der Waals surface area (Å²) in [6, 6.07) is 7.35. The van der Waals surface area contributed by atoms with Gasteiger partial charge in [0, 0.05) is 6.04 Å². The summed E-state index contributed by atoms with van der Waals surface area (Å²) in [5, 5.41) is 3.07. The van der Waals surface area contributed by atoms with Crippen LogP contribution in [0.3, 0.4) is 0 Å². The first kappa shape index (κ1) is 15.3. The third-order valence-electron chi connectivity index (χ3n) is 4.26. The van der Waals surface area contributed by atoms with Crippen LogP contribution in [0.25, 0.3) is 0 Å². The molecule has 3 rings (SSSR count). The van der Waals surface area contributed by atoms with Gasteiger partial charge in [0.2, 0.25) is 5.96 Å². The first-order valence-corrected chi connectivity index (χ1v) is 9.15. The smallest absolute Gasteiger partial charge is 0.264 e. The standard InChI is InChI=1S/C15H22N4O2S/c1-12-6-8-14(9-7-12)22(20,21)18-15-16-10-19(11-17-15)13-4-2-3-5-13/h6-9,13H,2-5,10-11H2,1H3,(H2,16,17,18). The van der Waals surface area contributed by atoms with Crippen molar-refractivity contribution in [3.8, 4) is 0 Å². The fourth-order valence-electron chi connectivity index (χ4n) is 2.93. The van der Waals surface area contributed by atoms with Gasteiger partial charge in [-0.1, -0.05) is 30.5 Å². The lowest BCUT2D eigenvalue weighted by atomic mass is 10.2. The Morgan fingerprint density at radius 3 is 2.50 bits per heavy atom. The Morgan fingerprint density at radius 2 is 1.91 bits per heavy atom. The number of sulfonamides is 1. The van der Waals surface area contributed by atoms with Crippen LogP contribution in [0.15, 0.2) is 34.2 Å². The SMILES string of the molecule is Cc1ccc(S(=O)(=O)NC2=NCN(C3CCCC3)CN2)cc1. The molecule has 7 heteroatoms. The van der Waals surface area contributed by atoms with Gasteiger partial charge in [-0.05, 0) is 31.9 Å². The molecule has 0 aromatic heterocycles. The molecule has 2 aliphatic rings. The average molecular weight is 322 g/mol. The number of aryl methyl sites for hydroxylation is 1. The van der Waals surface area contributed by atoms with Crippen molar-refractivity contribution in [2.24, 2.45) is 4.99 Å². The topological polar surface area (TPSA) is 73.8 Å². The molecule has 1 aromatic rings. The zero-order valence-electron chi connectivity index (χ0n) is 12.7. The highest BCUT2D eigenvalue weighted by molar-refractivity contribution is 7.90. The minimum absolute atomic E-state index is 0.251. The van der Waals surface area contributed by atoms with Crippen LogP contribution in [-0.2, 0) is 10.0 Å². The van der Waals surface area contributed by atoms with Crippen LogP contribution in [0.2, 0.25) is 0 Å². The molecule has 0 amide bonds. The molecule has 2 N–H and O–H groups in total. The Bertz CT molecular complexity index is 649. The van der Waals surface area contributed by atoms with Crippen molar-refractivity contribution in [3.63, 3.8) is 0 Å². The maximum atomic E-state index is 12.3. The highest BCUT2D eigenvalue weighted by Gasteiger charge is 2.25. The number of nitrogens with one attached hydrogen (secondary N) is 2. The number of guanidine groups is 1. The van der Waals surface area contributed by atoms with E-state index in [9.17, 15) is 8.42 Å². The highest BCUT2D eigenvalue weighted by Crippen LogP contribution is 2.23. The van der Waals surface area contributed by atoms with Crippen molar-refractivity contribution in [1.29, 1.82) is 0 Å². The third kappa shape index (κ3) is 3.41. The summed E-state index contributed by atoms with van der Waals surface area (Å²) >= 11 is 0. The van der Waals surface area contributed by atoms with E-state index in [0.717, 1.165) is 5.56 Å². The molecule has 1 aromatic carbocycles. The largest absolute Gasteiger partial charge is 0.343 e. The van der Waals surface area contributed by atoms with Gasteiger partial charge in [-0.15, -0.1) is 0 Å². The van der Waals surface area contributed by atoms with E-state index in [0.29, 0.717) is 25.3 Å². The van der Waals surface area contributed by atoms with Crippen molar-refractivity contribution in [2.45, 2.75) is 43.5 Å². The van der Waals surface area contributed by atoms with Crippen molar-refractivity contribution in [1.82, 2.24) is 14.9 Å². The lowest BCUT2D eigenvalue weighted by molar-refractivity contribution is 0.190. The van der Waals surface area contributed by atoms with E-state index in [1.807, 2.05) is 6.92 Å². The fourth-order valence-corrected chi connectivity index (χ4v) is 3.93. The summed E-state index contributed by atoms with van der Waals surface area (Å²) in [5.41, 5.74) is 1.03. The molecule has 1 saturated carbocycles. The van der Waals surface area contributed by atoms with Crippen LogP contribution in [0, 0.1) is 6.92 Å². The van der Waals surface area contributed by atoms with E-state index >= 15 is 0 Å². The Kier molecular flexibility index (Phi) is 4.35. The first-order valence-electron chi connectivity index (χ1n) is 7.66. The second-order valence-corrected chi connectivity index (χ2v) is 7.61. The molecule has 0 atom stereocenters. The molecule has 0 bridgehead atoms. The molecule has 0 unspecified atom stereocenters. The Morgan fingerprint density at radius 1 is 1.23 bits per heavy atom. The number of hydrogen-bond acceptors (Lipinski definition) is 5. The molecule has 120 valence electrons. The van der Waals surface area contributed by atoms with Gasteiger partial charge in [-0.3, -0.25) is 4.90 Å². The zero-order chi connectivity index (χ0) is 15.6. The van der Waals surface area contributed by atoms with E-state index in [1.54, 1.807) is 24.3 Å². The molecular formula is C15H22N4O2S. The molecule has 22 heavy (non-hydrogen) atoms. The summed E-state index contributed by atoms with van der Waals surface area (Å²) in [6.07, 6.45) is 4.97. The van der Waals surface area contributed by atoms with E-state index in [4.69, 9.17) is 0 Å². The minimum Gasteiger partial charge on any atom is -0.343 e. The number of nitrogens with zero attached hydrogens (tertiary/aromatic N) is 2. The first-order chi connectivity index (χ1) is 10.5. The molecule has 0 radical (unpaired) electrons.